The molecule has 0 bridgehead atoms. The molecule has 1 aliphatic heterocycles. The molecule has 9 heteroatoms. The maximum absolute atomic E-state index is 13.9. The fraction of sp³-hybridized carbons (Fsp3) is 0.759. The first-order valence-corrected chi connectivity index (χ1v) is 14.0. The molecule has 0 aromatic carbocycles. The molecule has 2 saturated carbocycles. The zero-order chi connectivity index (χ0) is 27.9. The van der Waals surface area contributed by atoms with Gasteiger partial charge in [0.25, 0.3) is 0 Å². The number of ketones is 2. The van der Waals surface area contributed by atoms with Crippen LogP contribution in [0, 0.1) is 28.6 Å². The molecular weight excluding hydrogens is 488 g/mol. The molecule has 0 spiro atoms. The van der Waals surface area contributed by atoms with Crippen LogP contribution in [0.2, 0.25) is 0 Å². The third-order valence-electron chi connectivity index (χ3n) is 9.90. The van der Waals surface area contributed by atoms with E-state index in [0.29, 0.717) is 12.8 Å². The minimum atomic E-state index is -1.29. The first-order valence-electron chi connectivity index (χ1n) is 14.0. The lowest BCUT2D eigenvalue weighted by molar-refractivity contribution is -0.208. The van der Waals surface area contributed by atoms with Crippen molar-refractivity contribution in [3.8, 4) is 0 Å². The summed E-state index contributed by atoms with van der Waals surface area (Å²) in [6, 6.07) is -0.678. The number of nitrogens with one attached hydrogen (secondary N) is 1. The fourth-order valence-corrected chi connectivity index (χ4v) is 7.54. The highest BCUT2D eigenvalue weighted by molar-refractivity contribution is 6.01. The van der Waals surface area contributed by atoms with Crippen LogP contribution in [0.1, 0.15) is 66.7 Å². The van der Waals surface area contributed by atoms with Crippen molar-refractivity contribution in [2.45, 2.75) is 90.8 Å². The van der Waals surface area contributed by atoms with E-state index in [1.807, 2.05) is 19.9 Å². The fourth-order valence-electron chi connectivity index (χ4n) is 7.54. The molecule has 4 aliphatic rings. The van der Waals surface area contributed by atoms with Crippen molar-refractivity contribution in [3.63, 3.8) is 0 Å². The van der Waals surface area contributed by atoms with Crippen LogP contribution < -0.4 is 11.1 Å². The van der Waals surface area contributed by atoms with E-state index in [2.05, 4.69) is 19.2 Å². The van der Waals surface area contributed by atoms with E-state index in [0.717, 1.165) is 24.8 Å². The van der Waals surface area contributed by atoms with Crippen molar-refractivity contribution in [2.75, 3.05) is 19.9 Å². The van der Waals surface area contributed by atoms with E-state index in [9.17, 15) is 19.5 Å². The largest absolute Gasteiger partial charge is 0.393 e. The van der Waals surface area contributed by atoms with Gasteiger partial charge in [0.05, 0.1) is 18.8 Å². The van der Waals surface area contributed by atoms with Gasteiger partial charge in [0.1, 0.15) is 13.3 Å². The molecule has 0 aromatic rings. The first-order chi connectivity index (χ1) is 17.9. The number of allylic oxidation sites excluding steroid dienone is 4. The number of amides is 1. The highest BCUT2D eigenvalue weighted by Crippen LogP contribution is 2.63. The Balaban J connectivity index is 1.60. The molecule has 9 nitrogen and oxygen atoms in total. The molecule has 1 heterocycles. The maximum Gasteiger partial charge on any atom is 0.238 e. The Bertz CT molecular complexity index is 1010. The number of ether oxygens (including phenoxy) is 3. The summed E-state index contributed by atoms with van der Waals surface area (Å²) in [4.78, 5) is 37.8. The topological polar surface area (TPSA) is 137 Å². The number of carbonyl (C=O) groups is 3. The van der Waals surface area contributed by atoms with Gasteiger partial charge < -0.3 is 30.4 Å². The van der Waals surface area contributed by atoms with Gasteiger partial charge in [-0.2, -0.15) is 0 Å². The average molecular weight is 533 g/mol. The lowest BCUT2D eigenvalue weighted by Crippen LogP contribution is -2.66. The highest BCUT2D eigenvalue weighted by Gasteiger charge is 2.67. The summed E-state index contributed by atoms with van der Waals surface area (Å²) in [5.41, 5.74) is 4.24. The molecular formula is C29H44N2O7. The van der Waals surface area contributed by atoms with E-state index in [1.165, 1.54) is 0 Å². The predicted octanol–water partition coefficient (Wildman–Crippen LogP) is 2.41. The monoisotopic (exact) mass is 532 g/mol. The number of hydrogen-bond acceptors (Lipinski definition) is 8. The van der Waals surface area contributed by atoms with E-state index < -0.39 is 34.9 Å². The Morgan fingerprint density at radius 3 is 2.76 bits per heavy atom. The van der Waals surface area contributed by atoms with Crippen LogP contribution in [0.15, 0.2) is 23.8 Å². The van der Waals surface area contributed by atoms with Crippen molar-refractivity contribution < 1.29 is 33.7 Å². The summed E-state index contributed by atoms with van der Waals surface area (Å²) in [6.07, 6.45) is 7.57. The Hall–Kier alpha value is -1.91. The molecule has 38 heavy (non-hydrogen) atoms. The second-order valence-corrected chi connectivity index (χ2v) is 12.1. The van der Waals surface area contributed by atoms with Crippen LogP contribution in [0.4, 0.5) is 0 Å². The SMILES string of the molecule is CCCC1OCC(C(=O)COCNC(=O)C(C)N)(C2(C)CC(O)C3C(CCC4=CC(=O)C=CC43C)C2C)O1. The van der Waals surface area contributed by atoms with Crippen LogP contribution in [0.5, 0.6) is 0 Å². The molecule has 0 aromatic heterocycles. The minimum absolute atomic E-state index is 0.000703. The van der Waals surface area contributed by atoms with Gasteiger partial charge in [0.15, 0.2) is 23.5 Å². The second-order valence-electron chi connectivity index (χ2n) is 12.1. The number of carbonyl (C=O) groups excluding carboxylic acids is 3. The van der Waals surface area contributed by atoms with E-state index in [1.54, 1.807) is 19.1 Å². The van der Waals surface area contributed by atoms with Crippen molar-refractivity contribution in [2.24, 2.45) is 34.3 Å². The summed E-state index contributed by atoms with van der Waals surface area (Å²) in [5, 5.41) is 14.3. The standard InChI is InChI=1S/C29H44N2O7/c1-6-7-24-37-15-29(38-24,23(34)14-36-16-31-26(35)18(3)30)28(5)13-22(33)25-21(17(28)2)9-8-19-12-20(32)10-11-27(19,25)4/h10-12,17-18,21-22,24-25,33H,6-9,13-16,30H2,1-5H3,(H,31,35). The number of nitrogens with two attached hydrogens (primary N) is 1. The van der Waals surface area contributed by atoms with Crippen LogP contribution in [0.25, 0.3) is 0 Å². The van der Waals surface area contributed by atoms with Gasteiger partial charge in [-0.1, -0.05) is 45.8 Å². The van der Waals surface area contributed by atoms with E-state index in [-0.39, 0.29) is 55.2 Å². The molecule has 4 N–H and O–H groups in total. The highest BCUT2D eigenvalue weighted by atomic mass is 16.7. The van der Waals surface area contributed by atoms with Crippen molar-refractivity contribution in [1.82, 2.24) is 5.32 Å². The number of hydrogen-bond donors (Lipinski definition) is 3. The number of aliphatic hydroxyl groups excluding tert-OH is 1. The zero-order valence-electron chi connectivity index (χ0n) is 23.3. The second kappa shape index (κ2) is 10.9. The van der Waals surface area contributed by atoms with Gasteiger partial charge in [0.2, 0.25) is 5.91 Å². The van der Waals surface area contributed by atoms with Gasteiger partial charge in [-0.15, -0.1) is 0 Å². The number of rotatable bonds is 9. The van der Waals surface area contributed by atoms with Gasteiger partial charge >= 0.3 is 0 Å². The van der Waals surface area contributed by atoms with E-state index in [4.69, 9.17) is 19.9 Å². The summed E-state index contributed by atoms with van der Waals surface area (Å²) < 4.78 is 18.1. The molecule has 1 saturated heterocycles. The number of fused-ring (bicyclic) bond motifs is 3. The quantitative estimate of drug-likeness (QED) is 0.304. The van der Waals surface area contributed by atoms with Crippen LogP contribution in [-0.4, -0.2) is 66.6 Å². The lowest BCUT2D eigenvalue weighted by atomic mass is 9.44. The van der Waals surface area contributed by atoms with Gasteiger partial charge in [0, 0.05) is 16.7 Å². The van der Waals surface area contributed by atoms with Crippen molar-refractivity contribution >= 4 is 17.5 Å². The molecule has 3 aliphatic carbocycles. The van der Waals surface area contributed by atoms with Crippen molar-refractivity contribution in [3.05, 3.63) is 23.8 Å². The molecule has 1 amide bonds. The number of Topliss-reactive ketones (excluding diaryl/α,β-unsaturated/α-hetero) is 1. The third kappa shape index (κ3) is 4.81. The normalized spacial score (nSPS) is 41.2. The van der Waals surface area contributed by atoms with Gasteiger partial charge in [-0.25, -0.2) is 0 Å². The molecule has 4 rings (SSSR count). The number of aliphatic hydroxyl groups is 1. The molecule has 212 valence electrons. The molecule has 3 fully saturated rings. The average Bonchev–Trinajstić information content (AvgIpc) is 3.30. The van der Waals surface area contributed by atoms with Crippen LogP contribution in [0.3, 0.4) is 0 Å². The maximum atomic E-state index is 13.9. The molecule has 0 radical (unpaired) electrons. The Morgan fingerprint density at radius 1 is 1.34 bits per heavy atom. The lowest BCUT2D eigenvalue weighted by Gasteiger charge is -2.61. The molecule has 9 unspecified atom stereocenters. The Morgan fingerprint density at radius 2 is 2.08 bits per heavy atom. The smallest absolute Gasteiger partial charge is 0.238 e. The summed E-state index contributed by atoms with van der Waals surface area (Å²) in [5.74, 6) is -0.549. The van der Waals surface area contributed by atoms with Crippen LogP contribution >= 0.6 is 0 Å². The van der Waals surface area contributed by atoms with E-state index >= 15 is 0 Å². The first kappa shape index (κ1) is 29.1. The predicted molar refractivity (Wildman–Crippen MR) is 141 cm³/mol. The van der Waals surface area contributed by atoms with Crippen LogP contribution in [-0.2, 0) is 28.6 Å². The zero-order valence-corrected chi connectivity index (χ0v) is 23.3. The van der Waals surface area contributed by atoms with Gasteiger partial charge in [-0.3, -0.25) is 14.4 Å². The Kier molecular flexibility index (Phi) is 8.36. The Labute approximate surface area is 225 Å². The summed E-state index contributed by atoms with van der Waals surface area (Å²) in [6.45, 7) is 9.62. The van der Waals surface area contributed by atoms with Crippen molar-refractivity contribution in [1.29, 1.82) is 0 Å². The summed E-state index contributed by atoms with van der Waals surface area (Å²) >= 11 is 0. The summed E-state index contributed by atoms with van der Waals surface area (Å²) in [7, 11) is 0. The minimum Gasteiger partial charge on any atom is -0.393 e. The third-order valence-corrected chi connectivity index (χ3v) is 9.90. The van der Waals surface area contributed by atoms with Gasteiger partial charge in [-0.05, 0) is 56.6 Å². The molecule has 9 atom stereocenters.